The van der Waals surface area contributed by atoms with Crippen LogP contribution in [0.1, 0.15) is 33.1 Å². The van der Waals surface area contributed by atoms with Gasteiger partial charge in [-0.1, -0.05) is 13.8 Å². The molecular formula is C13H23N. The summed E-state index contributed by atoms with van der Waals surface area (Å²) in [6.07, 6.45) is 4.67. The molecule has 2 saturated carbocycles. The Bertz CT molecular complexity index is 235. The van der Waals surface area contributed by atoms with Crippen molar-refractivity contribution in [3.05, 3.63) is 0 Å². The maximum absolute atomic E-state index is 2.66. The highest BCUT2D eigenvalue weighted by Crippen LogP contribution is 2.57. The summed E-state index contributed by atoms with van der Waals surface area (Å²) in [4.78, 5) is 2.66. The van der Waals surface area contributed by atoms with E-state index < -0.39 is 0 Å². The molecule has 80 valence electrons. The molecule has 2 aliphatic carbocycles. The summed E-state index contributed by atoms with van der Waals surface area (Å²) in [6.45, 7) is 6.22. The molecule has 0 aromatic carbocycles. The van der Waals surface area contributed by atoms with Crippen LogP contribution in [0.25, 0.3) is 0 Å². The Kier molecular flexibility index (Phi) is 1.96. The van der Waals surface area contributed by atoms with Crippen LogP contribution in [0.3, 0.4) is 0 Å². The Morgan fingerprint density at radius 2 is 1.86 bits per heavy atom. The van der Waals surface area contributed by atoms with Gasteiger partial charge in [0.1, 0.15) is 0 Å². The van der Waals surface area contributed by atoms with Crippen LogP contribution in [0, 0.1) is 29.6 Å². The van der Waals surface area contributed by atoms with Gasteiger partial charge in [0.15, 0.2) is 0 Å². The van der Waals surface area contributed by atoms with Crippen molar-refractivity contribution < 1.29 is 0 Å². The highest BCUT2D eigenvalue weighted by Gasteiger charge is 2.55. The van der Waals surface area contributed by atoms with E-state index in [4.69, 9.17) is 0 Å². The molecule has 0 aromatic heterocycles. The van der Waals surface area contributed by atoms with Crippen LogP contribution in [-0.4, -0.2) is 24.5 Å². The van der Waals surface area contributed by atoms with Crippen LogP contribution in [0.15, 0.2) is 0 Å². The number of rotatable bonds is 1. The van der Waals surface area contributed by atoms with E-state index in [2.05, 4.69) is 25.8 Å². The summed E-state index contributed by atoms with van der Waals surface area (Å²) in [5, 5.41) is 0. The Morgan fingerprint density at radius 3 is 2.57 bits per heavy atom. The summed E-state index contributed by atoms with van der Waals surface area (Å²) < 4.78 is 0. The molecule has 1 aliphatic heterocycles. The minimum atomic E-state index is 0.856. The fourth-order valence-electron chi connectivity index (χ4n) is 4.96. The van der Waals surface area contributed by atoms with Crippen LogP contribution >= 0.6 is 0 Å². The highest BCUT2D eigenvalue weighted by atomic mass is 15.2. The van der Waals surface area contributed by atoms with Crippen molar-refractivity contribution in [1.82, 2.24) is 4.90 Å². The number of hydrogen-bond donors (Lipinski definition) is 0. The highest BCUT2D eigenvalue weighted by molar-refractivity contribution is 5.06. The molecule has 1 nitrogen and oxygen atoms in total. The molecule has 0 amide bonds. The maximum atomic E-state index is 2.66. The largest absolute Gasteiger partial charge is 0.303 e. The van der Waals surface area contributed by atoms with Gasteiger partial charge in [0.2, 0.25) is 0 Å². The molecule has 0 radical (unpaired) electrons. The van der Waals surface area contributed by atoms with Crippen molar-refractivity contribution in [2.75, 3.05) is 13.6 Å². The Labute approximate surface area is 87.9 Å². The van der Waals surface area contributed by atoms with Gasteiger partial charge in [-0.05, 0) is 55.9 Å². The van der Waals surface area contributed by atoms with E-state index >= 15 is 0 Å². The van der Waals surface area contributed by atoms with Crippen LogP contribution in [0.5, 0.6) is 0 Å². The van der Waals surface area contributed by atoms with Gasteiger partial charge in [0.05, 0.1) is 0 Å². The van der Waals surface area contributed by atoms with Gasteiger partial charge >= 0.3 is 0 Å². The van der Waals surface area contributed by atoms with Crippen LogP contribution in [0.4, 0.5) is 0 Å². The second kappa shape index (κ2) is 2.98. The summed E-state index contributed by atoms with van der Waals surface area (Å²) in [5.74, 6) is 5.21. The van der Waals surface area contributed by atoms with Gasteiger partial charge < -0.3 is 4.90 Å². The molecule has 3 aliphatic rings. The van der Waals surface area contributed by atoms with E-state index in [0.29, 0.717) is 0 Å². The normalized spacial score (nSPS) is 51.9. The van der Waals surface area contributed by atoms with Crippen molar-refractivity contribution in [3.8, 4) is 0 Å². The lowest BCUT2D eigenvalue weighted by Gasteiger charge is -2.32. The number of nitrogens with zero attached hydrogens (tertiary/aromatic N) is 1. The second-order valence-corrected chi connectivity index (χ2v) is 6.25. The summed E-state index contributed by atoms with van der Waals surface area (Å²) in [5.41, 5.74) is 0. The van der Waals surface area contributed by atoms with Gasteiger partial charge in [-0.15, -0.1) is 0 Å². The lowest BCUT2D eigenvalue weighted by atomic mass is 9.76. The molecule has 3 fully saturated rings. The quantitative estimate of drug-likeness (QED) is 0.619. The molecule has 1 heteroatoms. The van der Waals surface area contributed by atoms with Crippen molar-refractivity contribution in [2.24, 2.45) is 29.6 Å². The summed E-state index contributed by atoms with van der Waals surface area (Å²) in [6, 6.07) is 0.898. The van der Waals surface area contributed by atoms with Gasteiger partial charge in [-0.2, -0.15) is 0 Å². The number of hydrogen-bond acceptors (Lipinski definition) is 1. The molecule has 14 heavy (non-hydrogen) atoms. The predicted molar refractivity (Wildman–Crippen MR) is 59.1 cm³/mol. The molecule has 1 saturated heterocycles. The zero-order valence-electron chi connectivity index (χ0n) is 9.74. The maximum Gasteiger partial charge on any atom is 0.0149 e. The Morgan fingerprint density at radius 1 is 1.14 bits per heavy atom. The van der Waals surface area contributed by atoms with Crippen molar-refractivity contribution in [1.29, 1.82) is 0 Å². The van der Waals surface area contributed by atoms with E-state index in [1.165, 1.54) is 6.54 Å². The summed E-state index contributed by atoms with van der Waals surface area (Å²) >= 11 is 0. The summed E-state index contributed by atoms with van der Waals surface area (Å²) in [7, 11) is 2.35. The van der Waals surface area contributed by atoms with E-state index in [0.717, 1.165) is 35.6 Å². The third-order valence-corrected chi connectivity index (χ3v) is 5.24. The monoisotopic (exact) mass is 193 g/mol. The molecular weight excluding hydrogens is 170 g/mol. The smallest absolute Gasteiger partial charge is 0.0149 e. The Balaban J connectivity index is 1.87. The average Bonchev–Trinajstić information content (AvgIpc) is 2.70. The van der Waals surface area contributed by atoms with Crippen molar-refractivity contribution in [3.63, 3.8) is 0 Å². The minimum absolute atomic E-state index is 0.856. The van der Waals surface area contributed by atoms with E-state index in [-0.39, 0.29) is 0 Å². The number of fused-ring (bicyclic) bond motifs is 5. The van der Waals surface area contributed by atoms with Gasteiger partial charge in [0.25, 0.3) is 0 Å². The van der Waals surface area contributed by atoms with Gasteiger partial charge in [-0.25, -0.2) is 0 Å². The third-order valence-electron chi connectivity index (χ3n) is 5.24. The van der Waals surface area contributed by atoms with E-state index in [1.807, 2.05) is 0 Å². The van der Waals surface area contributed by atoms with Crippen LogP contribution in [0.2, 0.25) is 0 Å². The first-order valence-electron chi connectivity index (χ1n) is 6.38. The van der Waals surface area contributed by atoms with Gasteiger partial charge in [-0.3, -0.25) is 0 Å². The molecule has 4 unspecified atom stereocenters. The average molecular weight is 193 g/mol. The first kappa shape index (κ1) is 9.21. The molecule has 5 atom stereocenters. The molecule has 0 spiro atoms. The van der Waals surface area contributed by atoms with Crippen LogP contribution in [-0.2, 0) is 0 Å². The first-order valence-corrected chi connectivity index (χ1v) is 6.38. The Hall–Kier alpha value is -0.0400. The van der Waals surface area contributed by atoms with E-state index in [1.54, 1.807) is 19.3 Å². The zero-order chi connectivity index (χ0) is 9.87. The topological polar surface area (TPSA) is 3.24 Å². The first-order chi connectivity index (χ1) is 6.68. The van der Waals surface area contributed by atoms with Crippen LogP contribution < -0.4 is 0 Å². The fraction of sp³-hybridized carbons (Fsp3) is 1.00. The number of likely N-dealkylation sites (tertiary alicyclic amines) is 1. The molecule has 3 rings (SSSR count). The molecule has 0 N–H and O–H groups in total. The molecule has 2 bridgehead atoms. The lowest BCUT2D eigenvalue weighted by molar-refractivity contribution is 0.170. The molecule has 1 heterocycles. The fourth-order valence-corrected chi connectivity index (χ4v) is 4.96. The zero-order valence-corrected chi connectivity index (χ0v) is 9.74. The van der Waals surface area contributed by atoms with E-state index in [9.17, 15) is 0 Å². The predicted octanol–water partition coefficient (Wildman–Crippen LogP) is 2.62. The molecule has 0 aromatic rings. The SMILES string of the molecule is CC(C)C1[C@@H]2C3CCC(C3)C2CN1C. The van der Waals surface area contributed by atoms with Gasteiger partial charge in [0, 0.05) is 12.6 Å². The standard InChI is InChI=1S/C13H23N/c1-8(2)13-12-10-5-4-9(6-10)11(12)7-14(13)3/h8-13H,4-7H2,1-3H3/t9?,10?,11?,12-,13?/m1/s1. The second-order valence-electron chi connectivity index (χ2n) is 6.25. The minimum Gasteiger partial charge on any atom is -0.303 e. The van der Waals surface area contributed by atoms with Crippen molar-refractivity contribution in [2.45, 2.75) is 39.2 Å². The third kappa shape index (κ3) is 1.05. The van der Waals surface area contributed by atoms with Crippen molar-refractivity contribution >= 4 is 0 Å². The lowest BCUT2D eigenvalue weighted by Crippen LogP contribution is -2.36.